The van der Waals surface area contributed by atoms with E-state index < -0.39 is 0 Å². The summed E-state index contributed by atoms with van der Waals surface area (Å²) < 4.78 is 1.77. The Morgan fingerprint density at radius 1 is 1.18 bits per heavy atom. The minimum absolute atomic E-state index is 0.566. The molecular formula is C15H15ClN6. The van der Waals surface area contributed by atoms with Crippen molar-refractivity contribution < 1.29 is 0 Å². The second kappa shape index (κ2) is 6.11. The van der Waals surface area contributed by atoms with Crippen LogP contribution < -0.4 is 4.90 Å². The van der Waals surface area contributed by atoms with Crippen LogP contribution in [0.15, 0.2) is 42.9 Å². The first-order valence-electron chi connectivity index (χ1n) is 6.76. The summed E-state index contributed by atoms with van der Waals surface area (Å²) in [7, 11) is 3.82. The summed E-state index contributed by atoms with van der Waals surface area (Å²) >= 11 is 5.91. The van der Waals surface area contributed by atoms with E-state index in [4.69, 9.17) is 11.6 Å². The molecule has 2 heterocycles. The molecule has 0 unspecified atom stereocenters. The number of aromatic nitrogens is 5. The molecule has 0 fully saturated rings. The summed E-state index contributed by atoms with van der Waals surface area (Å²) in [5.41, 5.74) is 2.81. The Hall–Kier alpha value is -2.47. The van der Waals surface area contributed by atoms with Gasteiger partial charge in [0.05, 0.1) is 18.1 Å². The van der Waals surface area contributed by atoms with Crippen LogP contribution in [0.25, 0.3) is 11.3 Å². The summed E-state index contributed by atoms with van der Waals surface area (Å²) in [6, 6.07) is 7.49. The number of aryl methyl sites for hydroxylation is 1. The largest absolute Gasteiger partial charge is 0.338 e. The van der Waals surface area contributed by atoms with Crippen molar-refractivity contribution in [3.05, 3.63) is 53.4 Å². The SMILES string of the molecule is CN(Cc1cnn(C)c1)c1nncc(-c2ccc(Cl)cc2)n1. The third kappa shape index (κ3) is 3.23. The molecule has 0 spiro atoms. The van der Waals surface area contributed by atoms with E-state index in [0.29, 0.717) is 17.5 Å². The van der Waals surface area contributed by atoms with Gasteiger partial charge in [-0.3, -0.25) is 4.68 Å². The molecule has 0 saturated heterocycles. The Kier molecular flexibility index (Phi) is 4.02. The molecule has 0 bridgehead atoms. The predicted octanol–water partition coefficient (Wildman–Crippen LogP) is 2.56. The monoisotopic (exact) mass is 314 g/mol. The summed E-state index contributed by atoms with van der Waals surface area (Å²) in [5, 5.41) is 13.0. The Morgan fingerprint density at radius 3 is 2.64 bits per heavy atom. The van der Waals surface area contributed by atoms with Crippen LogP contribution in [0.1, 0.15) is 5.56 Å². The Bertz CT molecular complexity index is 768. The van der Waals surface area contributed by atoms with E-state index in [1.54, 1.807) is 10.9 Å². The van der Waals surface area contributed by atoms with Gasteiger partial charge in [-0.15, -0.1) is 5.10 Å². The maximum atomic E-state index is 5.91. The molecule has 0 saturated carbocycles. The second-order valence-corrected chi connectivity index (χ2v) is 5.46. The molecule has 0 amide bonds. The van der Waals surface area contributed by atoms with Crippen molar-refractivity contribution in [1.82, 2.24) is 25.0 Å². The minimum Gasteiger partial charge on any atom is -0.338 e. The van der Waals surface area contributed by atoms with Crippen molar-refractivity contribution >= 4 is 17.5 Å². The molecule has 112 valence electrons. The lowest BCUT2D eigenvalue weighted by Gasteiger charge is -2.15. The van der Waals surface area contributed by atoms with Crippen LogP contribution in [0.5, 0.6) is 0 Å². The van der Waals surface area contributed by atoms with E-state index >= 15 is 0 Å². The van der Waals surface area contributed by atoms with Crippen LogP contribution in [-0.2, 0) is 13.6 Å². The summed E-state index contributed by atoms with van der Waals surface area (Å²) in [6.07, 6.45) is 5.44. The van der Waals surface area contributed by atoms with Crippen LogP contribution in [0, 0.1) is 0 Å². The first-order valence-corrected chi connectivity index (χ1v) is 7.14. The van der Waals surface area contributed by atoms with Crippen LogP contribution >= 0.6 is 11.6 Å². The maximum Gasteiger partial charge on any atom is 0.245 e. The lowest BCUT2D eigenvalue weighted by atomic mass is 10.2. The number of benzene rings is 1. The van der Waals surface area contributed by atoms with Gasteiger partial charge in [-0.25, -0.2) is 4.98 Å². The van der Waals surface area contributed by atoms with Crippen molar-refractivity contribution in [2.24, 2.45) is 7.05 Å². The van der Waals surface area contributed by atoms with E-state index in [2.05, 4.69) is 20.3 Å². The van der Waals surface area contributed by atoms with E-state index in [1.807, 2.05) is 55.7 Å². The fourth-order valence-electron chi connectivity index (χ4n) is 2.11. The normalized spacial score (nSPS) is 10.7. The number of anilines is 1. The average Bonchev–Trinajstić information content (AvgIpc) is 2.93. The van der Waals surface area contributed by atoms with Gasteiger partial charge in [0.25, 0.3) is 0 Å². The van der Waals surface area contributed by atoms with Crippen molar-refractivity contribution in [2.45, 2.75) is 6.54 Å². The van der Waals surface area contributed by atoms with Gasteiger partial charge < -0.3 is 4.90 Å². The molecule has 22 heavy (non-hydrogen) atoms. The van der Waals surface area contributed by atoms with E-state index in [-0.39, 0.29) is 0 Å². The predicted molar refractivity (Wildman–Crippen MR) is 85.6 cm³/mol. The van der Waals surface area contributed by atoms with Gasteiger partial charge in [0.1, 0.15) is 0 Å². The van der Waals surface area contributed by atoms with Crippen molar-refractivity contribution in [3.8, 4) is 11.3 Å². The van der Waals surface area contributed by atoms with Gasteiger partial charge in [-0.1, -0.05) is 23.7 Å². The molecule has 2 aromatic heterocycles. The molecule has 0 radical (unpaired) electrons. The third-order valence-electron chi connectivity index (χ3n) is 3.21. The van der Waals surface area contributed by atoms with Crippen LogP contribution in [0.2, 0.25) is 5.02 Å². The van der Waals surface area contributed by atoms with Crippen molar-refractivity contribution in [1.29, 1.82) is 0 Å². The third-order valence-corrected chi connectivity index (χ3v) is 3.46. The highest BCUT2D eigenvalue weighted by Crippen LogP contribution is 2.20. The van der Waals surface area contributed by atoms with E-state index in [9.17, 15) is 0 Å². The molecule has 7 heteroatoms. The number of hydrogen-bond donors (Lipinski definition) is 0. The van der Waals surface area contributed by atoms with Gasteiger partial charge in [0, 0.05) is 43.0 Å². The summed E-state index contributed by atoms with van der Waals surface area (Å²) in [4.78, 5) is 6.49. The van der Waals surface area contributed by atoms with Crippen LogP contribution in [0.4, 0.5) is 5.95 Å². The molecule has 3 aromatic rings. The molecule has 0 aliphatic carbocycles. The Balaban J connectivity index is 1.82. The molecule has 6 nitrogen and oxygen atoms in total. The molecule has 0 N–H and O–H groups in total. The number of nitrogens with zero attached hydrogens (tertiary/aromatic N) is 6. The molecular weight excluding hydrogens is 300 g/mol. The van der Waals surface area contributed by atoms with Gasteiger partial charge in [-0.05, 0) is 12.1 Å². The van der Waals surface area contributed by atoms with Gasteiger partial charge in [0.2, 0.25) is 5.95 Å². The first-order chi connectivity index (χ1) is 10.6. The maximum absolute atomic E-state index is 5.91. The Labute approximate surface area is 133 Å². The zero-order valence-electron chi connectivity index (χ0n) is 12.3. The topological polar surface area (TPSA) is 59.7 Å². The highest BCUT2D eigenvalue weighted by molar-refractivity contribution is 6.30. The fraction of sp³-hybridized carbons (Fsp3) is 0.200. The second-order valence-electron chi connectivity index (χ2n) is 5.03. The number of hydrogen-bond acceptors (Lipinski definition) is 5. The molecule has 1 aromatic carbocycles. The van der Waals surface area contributed by atoms with E-state index in [1.165, 1.54) is 0 Å². The lowest BCUT2D eigenvalue weighted by molar-refractivity contribution is 0.765. The molecule has 0 aliphatic heterocycles. The first kappa shape index (κ1) is 14.5. The van der Waals surface area contributed by atoms with Crippen molar-refractivity contribution in [2.75, 3.05) is 11.9 Å². The highest BCUT2D eigenvalue weighted by atomic mass is 35.5. The number of halogens is 1. The Morgan fingerprint density at radius 2 is 1.95 bits per heavy atom. The standard InChI is InChI=1S/C15H15ClN6/c1-21(9-11-7-18-22(2)10-11)15-19-14(8-17-20-15)12-3-5-13(16)6-4-12/h3-8,10H,9H2,1-2H3. The smallest absolute Gasteiger partial charge is 0.245 e. The highest BCUT2D eigenvalue weighted by Gasteiger charge is 2.09. The summed E-state index contributed by atoms with van der Waals surface area (Å²) in [5.74, 6) is 0.566. The van der Waals surface area contributed by atoms with Gasteiger partial charge in [0.15, 0.2) is 0 Å². The molecule has 0 aliphatic rings. The van der Waals surface area contributed by atoms with Crippen molar-refractivity contribution in [3.63, 3.8) is 0 Å². The zero-order chi connectivity index (χ0) is 15.5. The van der Waals surface area contributed by atoms with Crippen LogP contribution in [0.3, 0.4) is 0 Å². The average molecular weight is 315 g/mol. The van der Waals surface area contributed by atoms with Crippen LogP contribution in [-0.4, -0.2) is 32.0 Å². The fourth-order valence-corrected chi connectivity index (χ4v) is 2.24. The molecule has 0 atom stereocenters. The zero-order valence-corrected chi connectivity index (χ0v) is 13.1. The number of rotatable bonds is 4. The molecule has 3 rings (SSSR count). The van der Waals surface area contributed by atoms with Gasteiger partial charge >= 0.3 is 0 Å². The van der Waals surface area contributed by atoms with Gasteiger partial charge in [-0.2, -0.15) is 10.2 Å². The lowest BCUT2D eigenvalue weighted by Crippen LogP contribution is -2.19. The quantitative estimate of drug-likeness (QED) is 0.740. The van der Waals surface area contributed by atoms with E-state index in [0.717, 1.165) is 16.8 Å². The minimum atomic E-state index is 0.566. The summed E-state index contributed by atoms with van der Waals surface area (Å²) in [6.45, 7) is 0.666.